The third-order valence-corrected chi connectivity index (χ3v) is 3.78. The highest BCUT2D eigenvalue weighted by Crippen LogP contribution is 2.38. The van der Waals surface area contributed by atoms with Crippen LogP contribution in [0.25, 0.3) is 11.3 Å². The maximum absolute atomic E-state index is 6.05. The van der Waals surface area contributed by atoms with E-state index < -0.39 is 0 Å². The third-order valence-electron chi connectivity index (χ3n) is 2.29. The maximum Gasteiger partial charge on any atom is 0.194 e. The second kappa shape index (κ2) is 5.87. The molecule has 0 radical (unpaired) electrons. The number of oxazole rings is 1. The van der Waals surface area contributed by atoms with Gasteiger partial charge in [0.1, 0.15) is 4.34 Å². The second-order valence-corrected chi connectivity index (χ2v) is 5.85. The summed E-state index contributed by atoms with van der Waals surface area (Å²) in [6, 6.07) is 1.80. The largest absolute Gasteiger partial charge is 0.441 e. The van der Waals surface area contributed by atoms with Gasteiger partial charge in [0.2, 0.25) is 0 Å². The van der Waals surface area contributed by atoms with E-state index >= 15 is 0 Å². The lowest BCUT2D eigenvalue weighted by Crippen LogP contribution is -2.08. The standard InChI is InChI=1S/C11H12Cl2N2OS/c1-14-4-2-3-10-15-6-8(16-10)7-5-9(12)17-11(7)13/h5-6,14H,2-4H2,1H3. The highest BCUT2D eigenvalue weighted by Gasteiger charge is 2.13. The summed E-state index contributed by atoms with van der Waals surface area (Å²) in [7, 11) is 1.92. The molecule has 0 fully saturated rings. The molecule has 0 aliphatic rings. The summed E-state index contributed by atoms with van der Waals surface area (Å²) in [5.74, 6) is 1.41. The van der Waals surface area contributed by atoms with E-state index in [0.717, 1.165) is 30.8 Å². The second-order valence-electron chi connectivity index (χ2n) is 3.56. The lowest BCUT2D eigenvalue weighted by atomic mass is 10.3. The molecule has 17 heavy (non-hydrogen) atoms. The highest BCUT2D eigenvalue weighted by molar-refractivity contribution is 7.20. The Morgan fingerprint density at radius 2 is 2.29 bits per heavy atom. The lowest BCUT2D eigenvalue weighted by Gasteiger charge is -1.95. The van der Waals surface area contributed by atoms with Crippen LogP contribution in [0.3, 0.4) is 0 Å². The molecule has 2 aromatic rings. The van der Waals surface area contributed by atoms with Gasteiger partial charge in [0.25, 0.3) is 0 Å². The molecule has 0 bridgehead atoms. The smallest absolute Gasteiger partial charge is 0.194 e. The monoisotopic (exact) mass is 290 g/mol. The van der Waals surface area contributed by atoms with Crippen LogP contribution in [0.5, 0.6) is 0 Å². The zero-order valence-electron chi connectivity index (χ0n) is 9.30. The Bertz CT molecular complexity index is 495. The molecule has 92 valence electrons. The minimum Gasteiger partial charge on any atom is -0.441 e. The van der Waals surface area contributed by atoms with Gasteiger partial charge < -0.3 is 9.73 Å². The van der Waals surface area contributed by atoms with Crippen molar-refractivity contribution in [3.05, 3.63) is 26.8 Å². The minimum absolute atomic E-state index is 0.632. The number of nitrogens with zero attached hydrogens (tertiary/aromatic N) is 1. The molecule has 0 saturated heterocycles. The summed E-state index contributed by atoms with van der Waals surface area (Å²) in [4.78, 5) is 4.22. The van der Waals surface area contributed by atoms with Crippen molar-refractivity contribution in [1.82, 2.24) is 10.3 Å². The minimum atomic E-state index is 0.632. The Labute approximate surface area is 114 Å². The first kappa shape index (κ1) is 12.9. The van der Waals surface area contributed by atoms with E-state index in [2.05, 4.69) is 10.3 Å². The van der Waals surface area contributed by atoms with E-state index in [9.17, 15) is 0 Å². The summed E-state index contributed by atoms with van der Waals surface area (Å²) >= 11 is 13.3. The molecular formula is C11H12Cl2N2OS. The molecule has 3 nitrogen and oxygen atoms in total. The van der Waals surface area contributed by atoms with Crippen LogP contribution in [0.2, 0.25) is 8.67 Å². The third kappa shape index (κ3) is 3.22. The van der Waals surface area contributed by atoms with Gasteiger partial charge in [-0.3, -0.25) is 0 Å². The van der Waals surface area contributed by atoms with E-state index in [1.165, 1.54) is 11.3 Å². The van der Waals surface area contributed by atoms with Crippen molar-refractivity contribution < 1.29 is 4.42 Å². The van der Waals surface area contributed by atoms with Crippen LogP contribution in [-0.2, 0) is 6.42 Å². The topological polar surface area (TPSA) is 38.1 Å². The predicted molar refractivity (Wildman–Crippen MR) is 72.1 cm³/mol. The van der Waals surface area contributed by atoms with Crippen LogP contribution >= 0.6 is 34.5 Å². The fourth-order valence-electron chi connectivity index (χ4n) is 1.47. The molecule has 1 N–H and O–H groups in total. The van der Waals surface area contributed by atoms with Crippen molar-refractivity contribution in [2.45, 2.75) is 12.8 Å². The summed E-state index contributed by atoms with van der Waals surface area (Å²) < 4.78 is 6.92. The first-order valence-electron chi connectivity index (χ1n) is 5.25. The molecule has 0 amide bonds. The fourth-order valence-corrected chi connectivity index (χ4v) is 2.95. The Morgan fingerprint density at radius 3 is 2.94 bits per heavy atom. The van der Waals surface area contributed by atoms with Crippen molar-refractivity contribution in [2.24, 2.45) is 0 Å². The Balaban J connectivity index is 2.10. The number of nitrogens with one attached hydrogen (secondary N) is 1. The first-order valence-corrected chi connectivity index (χ1v) is 6.82. The summed E-state index contributed by atoms with van der Waals surface area (Å²) in [6.45, 7) is 0.947. The Hall–Kier alpha value is -0.550. The fraction of sp³-hybridized carbons (Fsp3) is 0.364. The van der Waals surface area contributed by atoms with Gasteiger partial charge in [-0.05, 0) is 26.1 Å². The number of hydrogen-bond donors (Lipinski definition) is 1. The number of halogens is 2. The predicted octanol–water partition coefficient (Wildman–Crippen LogP) is 3.86. The van der Waals surface area contributed by atoms with Gasteiger partial charge in [-0.15, -0.1) is 11.3 Å². The Kier molecular flexibility index (Phi) is 4.45. The average molecular weight is 291 g/mol. The van der Waals surface area contributed by atoms with Crippen LogP contribution in [0, 0.1) is 0 Å². The molecule has 0 unspecified atom stereocenters. The van der Waals surface area contributed by atoms with Gasteiger partial charge in [0.05, 0.1) is 10.5 Å². The van der Waals surface area contributed by atoms with E-state index in [1.54, 1.807) is 12.3 Å². The SMILES string of the molecule is CNCCCc1ncc(-c2cc(Cl)sc2Cl)o1. The van der Waals surface area contributed by atoms with Crippen molar-refractivity contribution in [1.29, 1.82) is 0 Å². The number of hydrogen-bond acceptors (Lipinski definition) is 4. The van der Waals surface area contributed by atoms with Gasteiger partial charge in [-0.25, -0.2) is 4.98 Å². The van der Waals surface area contributed by atoms with Crippen LogP contribution in [0.1, 0.15) is 12.3 Å². The molecule has 2 heterocycles. The van der Waals surface area contributed by atoms with Crippen molar-refractivity contribution in [3.8, 4) is 11.3 Å². The number of aromatic nitrogens is 1. The van der Waals surface area contributed by atoms with Crippen molar-refractivity contribution >= 4 is 34.5 Å². The summed E-state index contributed by atoms with van der Waals surface area (Å²) in [5, 5.41) is 3.08. The first-order chi connectivity index (χ1) is 8.20. The number of aryl methyl sites for hydroxylation is 1. The quantitative estimate of drug-likeness (QED) is 0.850. The van der Waals surface area contributed by atoms with E-state index in [-0.39, 0.29) is 0 Å². The molecule has 0 aliphatic carbocycles. The number of rotatable bonds is 5. The van der Waals surface area contributed by atoms with Crippen molar-refractivity contribution in [3.63, 3.8) is 0 Å². The normalized spacial score (nSPS) is 11.0. The molecule has 0 aromatic carbocycles. The van der Waals surface area contributed by atoms with Crippen LogP contribution in [-0.4, -0.2) is 18.6 Å². The lowest BCUT2D eigenvalue weighted by molar-refractivity contribution is 0.495. The van der Waals surface area contributed by atoms with Gasteiger partial charge in [0.15, 0.2) is 11.7 Å². The molecule has 0 aliphatic heterocycles. The summed E-state index contributed by atoms with van der Waals surface area (Å²) in [5.41, 5.74) is 0.814. The van der Waals surface area contributed by atoms with E-state index in [4.69, 9.17) is 27.6 Å². The zero-order chi connectivity index (χ0) is 12.3. The molecule has 0 saturated carbocycles. The molecule has 0 atom stereocenters. The van der Waals surface area contributed by atoms with Crippen molar-refractivity contribution in [2.75, 3.05) is 13.6 Å². The Morgan fingerprint density at radius 1 is 1.47 bits per heavy atom. The zero-order valence-corrected chi connectivity index (χ0v) is 11.6. The van der Waals surface area contributed by atoms with Crippen LogP contribution in [0.4, 0.5) is 0 Å². The van der Waals surface area contributed by atoms with Crippen LogP contribution < -0.4 is 5.32 Å². The highest BCUT2D eigenvalue weighted by atomic mass is 35.5. The van der Waals surface area contributed by atoms with Gasteiger partial charge in [-0.1, -0.05) is 23.2 Å². The average Bonchev–Trinajstić information content (AvgIpc) is 2.86. The molecule has 0 spiro atoms. The van der Waals surface area contributed by atoms with Gasteiger partial charge in [-0.2, -0.15) is 0 Å². The number of thiophene rings is 1. The molecule has 6 heteroatoms. The van der Waals surface area contributed by atoms with E-state index in [0.29, 0.717) is 14.4 Å². The van der Waals surface area contributed by atoms with E-state index in [1.807, 2.05) is 7.05 Å². The molecular weight excluding hydrogens is 279 g/mol. The molecule has 2 aromatic heterocycles. The maximum atomic E-state index is 6.05. The van der Waals surface area contributed by atoms with Gasteiger partial charge in [0, 0.05) is 12.0 Å². The van der Waals surface area contributed by atoms with Crippen LogP contribution in [0.15, 0.2) is 16.7 Å². The van der Waals surface area contributed by atoms with Gasteiger partial charge >= 0.3 is 0 Å². The summed E-state index contributed by atoms with van der Waals surface area (Å²) in [6.07, 6.45) is 3.50. The molecule has 2 rings (SSSR count).